The predicted molar refractivity (Wildman–Crippen MR) is 109 cm³/mol. The maximum atomic E-state index is 11.3. The maximum absolute atomic E-state index is 11.3. The Morgan fingerprint density at radius 2 is 1.93 bits per heavy atom. The van der Waals surface area contributed by atoms with Gasteiger partial charge < -0.3 is 20.5 Å². The Labute approximate surface area is 166 Å². The summed E-state index contributed by atoms with van der Waals surface area (Å²) in [4.78, 5) is 20.5. The molecule has 9 heteroatoms. The van der Waals surface area contributed by atoms with Gasteiger partial charge in [0.2, 0.25) is 11.9 Å². The summed E-state index contributed by atoms with van der Waals surface area (Å²) in [6.45, 7) is 2.70. The van der Waals surface area contributed by atoms with Gasteiger partial charge in [0.05, 0.1) is 24.2 Å². The van der Waals surface area contributed by atoms with Crippen molar-refractivity contribution in [3.8, 4) is 11.5 Å². The monoisotopic (exact) mass is 392 g/mol. The molecule has 3 heterocycles. The normalized spacial score (nSPS) is 17.7. The third kappa shape index (κ3) is 3.10. The molecular weight excluding hydrogens is 372 g/mol. The van der Waals surface area contributed by atoms with E-state index in [0.717, 1.165) is 28.7 Å². The number of carbonyl (C=O) groups is 1. The van der Waals surface area contributed by atoms with Crippen LogP contribution in [-0.4, -0.2) is 34.6 Å². The highest BCUT2D eigenvalue weighted by Gasteiger charge is 2.27. The second-order valence-corrected chi connectivity index (χ2v) is 6.96. The van der Waals surface area contributed by atoms with Crippen molar-refractivity contribution in [2.75, 3.05) is 23.8 Å². The molecule has 3 aromatic rings. The highest BCUT2D eigenvalue weighted by atomic mass is 16.5. The van der Waals surface area contributed by atoms with Gasteiger partial charge in [0.15, 0.2) is 23.6 Å². The molecule has 1 aromatic heterocycles. The zero-order valence-electron chi connectivity index (χ0n) is 15.8. The highest BCUT2D eigenvalue weighted by Crippen LogP contribution is 2.39. The van der Waals surface area contributed by atoms with Gasteiger partial charge in [-0.3, -0.25) is 14.7 Å². The van der Waals surface area contributed by atoms with E-state index in [4.69, 9.17) is 15.2 Å². The van der Waals surface area contributed by atoms with Crippen LogP contribution >= 0.6 is 0 Å². The van der Waals surface area contributed by atoms with E-state index < -0.39 is 6.17 Å². The molecule has 29 heavy (non-hydrogen) atoms. The number of fused-ring (bicyclic) bond motifs is 4. The Hall–Kier alpha value is -3.75. The summed E-state index contributed by atoms with van der Waals surface area (Å²) < 4.78 is 13.6. The Morgan fingerprint density at radius 3 is 2.66 bits per heavy atom. The first-order chi connectivity index (χ1) is 14.1. The van der Waals surface area contributed by atoms with Crippen LogP contribution in [-0.2, 0) is 4.79 Å². The smallest absolute Gasteiger partial charge is 0.221 e. The molecular formula is C20H20N6O3. The number of imidazole rings is 1. The molecule has 148 valence electrons. The molecule has 1 atom stereocenters. The Bertz CT molecular complexity index is 1140. The molecule has 0 bridgehead atoms. The van der Waals surface area contributed by atoms with Gasteiger partial charge in [0.1, 0.15) is 0 Å². The fourth-order valence-electron chi connectivity index (χ4n) is 3.59. The van der Waals surface area contributed by atoms with Gasteiger partial charge in [-0.05, 0) is 17.7 Å². The van der Waals surface area contributed by atoms with Crippen molar-refractivity contribution in [3.63, 3.8) is 0 Å². The average Bonchev–Trinajstić information content (AvgIpc) is 2.87. The SMILES string of the molecule is CC(=O)Nc1ccc(C2N=C(N)Nc3nc4cc5c(cc4n32)OCCCO5)cc1. The molecule has 5 rings (SSSR count). The number of amides is 1. The van der Waals surface area contributed by atoms with Gasteiger partial charge in [0, 0.05) is 31.2 Å². The number of anilines is 2. The van der Waals surface area contributed by atoms with Crippen molar-refractivity contribution < 1.29 is 14.3 Å². The van der Waals surface area contributed by atoms with Gasteiger partial charge in [-0.2, -0.15) is 0 Å². The molecule has 2 aliphatic heterocycles. The summed E-state index contributed by atoms with van der Waals surface area (Å²) in [5.41, 5.74) is 9.28. The third-order valence-electron chi connectivity index (χ3n) is 4.83. The average molecular weight is 392 g/mol. The van der Waals surface area contributed by atoms with Gasteiger partial charge in [-0.25, -0.2) is 9.98 Å². The van der Waals surface area contributed by atoms with Crippen LogP contribution in [0.1, 0.15) is 25.1 Å². The number of ether oxygens (including phenoxy) is 2. The number of nitrogens with one attached hydrogen (secondary N) is 2. The molecule has 0 radical (unpaired) electrons. The van der Waals surface area contributed by atoms with Gasteiger partial charge in [-0.15, -0.1) is 0 Å². The van der Waals surface area contributed by atoms with E-state index in [1.165, 1.54) is 6.92 Å². The minimum Gasteiger partial charge on any atom is -0.489 e. The van der Waals surface area contributed by atoms with Crippen LogP contribution in [0.5, 0.6) is 11.5 Å². The maximum Gasteiger partial charge on any atom is 0.221 e. The number of aliphatic imine (C=N–C) groups is 1. The fourth-order valence-corrected chi connectivity index (χ4v) is 3.59. The van der Waals surface area contributed by atoms with Crippen LogP contribution < -0.4 is 25.8 Å². The number of benzene rings is 2. The fraction of sp³-hybridized carbons (Fsp3) is 0.250. The zero-order valence-corrected chi connectivity index (χ0v) is 15.8. The van der Waals surface area contributed by atoms with Gasteiger partial charge in [0.25, 0.3) is 0 Å². The van der Waals surface area contributed by atoms with E-state index in [1.807, 2.05) is 41.0 Å². The van der Waals surface area contributed by atoms with Crippen LogP contribution in [0.3, 0.4) is 0 Å². The lowest BCUT2D eigenvalue weighted by molar-refractivity contribution is -0.114. The van der Waals surface area contributed by atoms with Gasteiger partial charge in [-0.1, -0.05) is 12.1 Å². The molecule has 1 unspecified atom stereocenters. The van der Waals surface area contributed by atoms with Crippen LogP contribution in [0.4, 0.5) is 11.6 Å². The molecule has 1 amide bonds. The number of aromatic nitrogens is 2. The number of hydrogen-bond acceptors (Lipinski definition) is 7. The lowest BCUT2D eigenvalue weighted by atomic mass is 10.1. The van der Waals surface area contributed by atoms with Crippen LogP contribution in [0.25, 0.3) is 11.0 Å². The van der Waals surface area contributed by atoms with E-state index in [0.29, 0.717) is 30.7 Å². The number of guanidine groups is 1. The van der Waals surface area contributed by atoms with Crippen molar-refractivity contribution in [1.82, 2.24) is 9.55 Å². The first-order valence-electron chi connectivity index (χ1n) is 9.38. The van der Waals surface area contributed by atoms with E-state index in [-0.39, 0.29) is 11.9 Å². The first-order valence-corrected chi connectivity index (χ1v) is 9.38. The molecule has 4 N–H and O–H groups in total. The first kappa shape index (κ1) is 17.4. The van der Waals surface area contributed by atoms with Crippen molar-refractivity contribution in [3.05, 3.63) is 42.0 Å². The second kappa shape index (κ2) is 6.69. The van der Waals surface area contributed by atoms with Crippen molar-refractivity contribution in [2.24, 2.45) is 10.7 Å². The standard InChI is InChI=1S/C20H20N6O3/c1-11(27)22-13-5-3-12(4-6-13)18-24-19(21)25-20-23-14-9-16-17(10-15(14)26(18)20)29-8-2-7-28-16/h3-6,9-10,18H,2,7-8H2,1H3,(H,22,27)(H3,21,23,24,25). The minimum absolute atomic E-state index is 0.118. The topological polar surface area (TPSA) is 116 Å². The number of hydrogen-bond donors (Lipinski definition) is 3. The second-order valence-electron chi connectivity index (χ2n) is 6.96. The molecule has 2 aromatic carbocycles. The molecule has 0 spiro atoms. The number of carbonyl (C=O) groups excluding carboxylic acids is 1. The Balaban J connectivity index is 1.61. The highest BCUT2D eigenvalue weighted by molar-refractivity contribution is 5.95. The molecule has 0 saturated heterocycles. The van der Waals surface area contributed by atoms with Gasteiger partial charge >= 0.3 is 0 Å². The van der Waals surface area contributed by atoms with Crippen molar-refractivity contribution in [2.45, 2.75) is 19.5 Å². The summed E-state index contributed by atoms with van der Waals surface area (Å²) in [5, 5.41) is 5.80. The predicted octanol–water partition coefficient (Wildman–Crippen LogP) is 2.44. The molecule has 0 fully saturated rings. The minimum atomic E-state index is -0.396. The molecule has 0 saturated carbocycles. The van der Waals surface area contributed by atoms with E-state index in [2.05, 4.69) is 20.6 Å². The summed E-state index contributed by atoms with van der Waals surface area (Å²) in [5.74, 6) is 2.16. The largest absolute Gasteiger partial charge is 0.489 e. The van der Waals surface area contributed by atoms with Crippen LogP contribution in [0.15, 0.2) is 41.4 Å². The molecule has 0 aliphatic carbocycles. The number of nitrogens with two attached hydrogens (primary N) is 1. The number of rotatable bonds is 2. The van der Waals surface area contributed by atoms with E-state index in [1.54, 1.807) is 0 Å². The lowest BCUT2D eigenvalue weighted by Crippen LogP contribution is -2.31. The number of nitrogens with zero attached hydrogens (tertiary/aromatic N) is 3. The molecule has 9 nitrogen and oxygen atoms in total. The summed E-state index contributed by atoms with van der Waals surface area (Å²) in [6, 6.07) is 11.3. The van der Waals surface area contributed by atoms with Crippen LogP contribution in [0.2, 0.25) is 0 Å². The summed E-state index contributed by atoms with van der Waals surface area (Å²) >= 11 is 0. The Morgan fingerprint density at radius 1 is 1.21 bits per heavy atom. The quantitative estimate of drug-likeness (QED) is 0.617. The third-order valence-corrected chi connectivity index (χ3v) is 4.83. The summed E-state index contributed by atoms with van der Waals surface area (Å²) in [6.07, 6.45) is 0.441. The van der Waals surface area contributed by atoms with Crippen molar-refractivity contribution >= 4 is 34.5 Å². The van der Waals surface area contributed by atoms with Crippen LogP contribution in [0, 0.1) is 0 Å². The van der Waals surface area contributed by atoms with E-state index >= 15 is 0 Å². The zero-order chi connectivity index (χ0) is 20.0. The molecule has 2 aliphatic rings. The lowest BCUT2D eigenvalue weighted by Gasteiger charge is -2.24. The van der Waals surface area contributed by atoms with E-state index in [9.17, 15) is 4.79 Å². The Kier molecular flexibility index (Phi) is 4.01. The van der Waals surface area contributed by atoms with Crippen molar-refractivity contribution in [1.29, 1.82) is 0 Å². The summed E-state index contributed by atoms with van der Waals surface area (Å²) in [7, 11) is 0.